The Bertz CT molecular complexity index is 3210. The van der Waals surface area contributed by atoms with Gasteiger partial charge in [-0.2, -0.15) is 0 Å². The Morgan fingerprint density at radius 1 is 0.327 bits per heavy atom. The van der Waals surface area contributed by atoms with Crippen molar-refractivity contribution < 1.29 is 8.83 Å². The highest BCUT2D eigenvalue weighted by Gasteiger charge is 2.21. The van der Waals surface area contributed by atoms with Crippen molar-refractivity contribution in [2.45, 2.75) is 0 Å². The van der Waals surface area contributed by atoms with Gasteiger partial charge in [0.25, 0.3) is 0 Å². The summed E-state index contributed by atoms with van der Waals surface area (Å²) in [6, 6.07) is 56.5. The van der Waals surface area contributed by atoms with Crippen molar-refractivity contribution in [2.75, 3.05) is 0 Å². The summed E-state index contributed by atoms with van der Waals surface area (Å²) in [5, 5.41) is 8.74. The van der Waals surface area contributed by atoms with E-state index in [9.17, 15) is 0 Å². The molecular formula is C47H27N3O2. The van der Waals surface area contributed by atoms with E-state index < -0.39 is 0 Å². The summed E-state index contributed by atoms with van der Waals surface area (Å²) in [6.45, 7) is 0. The average molecular weight is 666 g/mol. The van der Waals surface area contributed by atoms with Crippen LogP contribution in [0.2, 0.25) is 0 Å². The first-order chi connectivity index (χ1) is 25.7. The standard InChI is InChI=1S/C47H27N3O2/c1-3-11-30-25-32(21-19-28(30)9-1)33-23-24-41-39(27-33)43-37(15-8-18-42(43)51-41)46-48-45(34-22-20-29-10-2-4-12-31(29)26-34)49-47(50-46)38-16-7-14-36-35-13-5-6-17-40(35)52-44(36)38/h1-27H. The van der Waals surface area contributed by atoms with E-state index in [0.29, 0.717) is 17.5 Å². The summed E-state index contributed by atoms with van der Waals surface area (Å²) in [5.74, 6) is 1.69. The molecule has 0 fully saturated rings. The lowest BCUT2D eigenvalue weighted by Gasteiger charge is -2.10. The van der Waals surface area contributed by atoms with Gasteiger partial charge >= 0.3 is 0 Å². The molecular weight excluding hydrogens is 639 g/mol. The molecule has 0 N–H and O–H groups in total. The molecule has 0 bridgehead atoms. The van der Waals surface area contributed by atoms with Gasteiger partial charge in [0.1, 0.15) is 22.3 Å². The van der Waals surface area contributed by atoms with Crippen LogP contribution in [0.25, 0.3) is 111 Å². The molecule has 0 spiro atoms. The maximum absolute atomic E-state index is 6.47. The Morgan fingerprint density at radius 2 is 0.885 bits per heavy atom. The van der Waals surface area contributed by atoms with Crippen molar-refractivity contribution >= 4 is 65.4 Å². The van der Waals surface area contributed by atoms with E-state index in [0.717, 1.165) is 82.5 Å². The smallest absolute Gasteiger partial charge is 0.167 e. The first-order valence-electron chi connectivity index (χ1n) is 17.3. The fourth-order valence-electron chi connectivity index (χ4n) is 7.56. The molecule has 3 aromatic heterocycles. The van der Waals surface area contributed by atoms with Crippen LogP contribution in [0.1, 0.15) is 0 Å². The SMILES string of the molecule is c1ccc2cc(-c3ccc4oc5cccc(-c6nc(-c7ccc8ccccc8c7)nc(-c7cccc8c7oc7ccccc78)n6)c5c4c3)ccc2c1. The molecule has 0 aliphatic rings. The normalized spacial score (nSPS) is 11.8. The largest absolute Gasteiger partial charge is 0.456 e. The first-order valence-corrected chi connectivity index (χ1v) is 17.3. The number of rotatable bonds is 4. The second kappa shape index (κ2) is 11.2. The van der Waals surface area contributed by atoms with Crippen molar-refractivity contribution in [1.82, 2.24) is 15.0 Å². The second-order valence-corrected chi connectivity index (χ2v) is 13.2. The third-order valence-corrected chi connectivity index (χ3v) is 10.1. The van der Waals surface area contributed by atoms with Gasteiger partial charge in [0.05, 0.1) is 5.56 Å². The van der Waals surface area contributed by atoms with Crippen molar-refractivity contribution in [2.24, 2.45) is 0 Å². The van der Waals surface area contributed by atoms with Crippen LogP contribution < -0.4 is 0 Å². The molecule has 0 radical (unpaired) electrons. The van der Waals surface area contributed by atoms with Crippen LogP contribution >= 0.6 is 0 Å². The lowest BCUT2D eigenvalue weighted by atomic mass is 9.98. The molecule has 5 nitrogen and oxygen atoms in total. The molecule has 0 atom stereocenters. The van der Waals surface area contributed by atoms with Crippen LogP contribution in [0, 0.1) is 0 Å². The van der Waals surface area contributed by atoms with E-state index in [4.69, 9.17) is 23.8 Å². The van der Waals surface area contributed by atoms with E-state index in [1.807, 2.05) is 42.5 Å². The Labute approximate surface area is 297 Å². The van der Waals surface area contributed by atoms with E-state index in [1.54, 1.807) is 0 Å². The van der Waals surface area contributed by atoms with Gasteiger partial charge in [0.2, 0.25) is 0 Å². The van der Waals surface area contributed by atoms with Crippen LogP contribution in [-0.4, -0.2) is 15.0 Å². The zero-order valence-electron chi connectivity index (χ0n) is 27.7. The maximum Gasteiger partial charge on any atom is 0.167 e. The van der Waals surface area contributed by atoms with Gasteiger partial charge in [0, 0.05) is 32.7 Å². The predicted molar refractivity (Wildman–Crippen MR) is 211 cm³/mol. The summed E-state index contributed by atoms with van der Waals surface area (Å²) >= 11 is 0. The molecule has 242 valence electrons. The lowest BCUT2D eigenvalue weighted by molar-refractivity contribution is 0.668. The minimum Gasteiger partial charge on any atom is -0.456 e. The zero-order valence-corrected chi connectivity index (χ0v) is 27.7. The van der Waals surface area contributed by atoms with Gasteiger partial charge < -0.3 is 8.83 Å². The molecule has 11 rings (SSSR count). The zero-order chi connectivity index (χ0) is 34.2. The number of para-hydroxylation sites is 2. The van der Waals surface area contributed by atoms with Crippen LogP contribution in [0.3, 0.4) is 0 Å². The molecule has 8 aromatic carbocycles. The molecule has 0 saturated carbocycles. The quantitative estimate of drug-likeness (QED) is 0.187. The highest BCUT2D eigenvalue weighted by molar-refractivity contribution is 6.13. The minimum absolute atomic E-state index is 0.541. The lowest BCUT2D eigenvalue weighted by Crippen LogP contribution is -2.00. The summed E-state index contributed by atoms with van der Waals surface area (Å²) in [5.41, 5.74) is 8.00. The molecule has 0 unspecified atom stereocenters. The number of fused-ring (bicyclic) bond motifs is 8. The Balaban J connectivity index is 1.16. The Morgan fingerprint density at radius 3 is 1.71 bits per heavy atom. The van der Waals surface area contributed by atoms with Gasteiger partial charge in [-0.3, -0.25) is 0 Å². The average Bonchev–Trinajstić information content (AvgIpc) is 3.78. The van der Waals surface area contributed by atoms with Crippen molar-refractivity contribution in [3.05, 3.63) is 164 Å². The van der Waals surface area contributed by atoms with E-state index in [1.165, 1.54) is 10.8 Å². The van der Waals surface area contributed by atoms with Crippen LogP contribution in [0.15, 0.2) is 173 Å². The molecule has 0 saturated heterocycles. The van der Waals surface area contributed by atoms with E-state index >= 15 is 0 Å². The fourth-order valence-corrected chi connectivity index (χ4v) is 7.56. The minimum atomic E-state index is 0.541. The molecule has 3 heterocycles. The van der Waals surface area contributed by atoms with Gasteiger partial charge in [-0.15, -0.1) is 0 Å². The summed E-state index contributed by atoms with van der Waals surface area (Å²) in [6.07, 6.45) is 0. The maximum atomic E-state index is 6.47. The highest BCUT2D eigenvalue weighted by atomic mass is 16.3. The van der Waals surface area contributed by atoms with Crippen LogP contribution in [0.4, 0.5) is 0 Å². The Hall–Kier alpha value is -7.11. The third-order valence-electron chi connectivity index (χ3n) is 10.1. The number of benzene rings is 8. The van der Waals surface area contributed by atoms with Gasteiger partial charge in [-0.1, -0.05) is 121 Å². The van der Waals surface area contributed by atoms with Gasteiger partial charge in [-0.25, -0.2) is 15.0 Å². The van der Waals surface area contributed by atoms with Gasteiger partial charge in [0.15, 0.2) is 17.5 Å². The summed E-state index contributed by atoms with van der Waals surface area (Å²) in [7, 11) is 0. The number of hydrogen-bond donors (Lipinski definition) is 0. The number of nitrogens with zero attached hydrogens (tertiary/aromatic N) is 3. The third kappa shape index (κ3) is 4.53. The van der Waals surface area contributed by atoms with Gasteiger partial charge in [-0.05, 0) is 75.1 Å². The second-order valence-electron chi connectivity index (χ2n) is 13.2. The molecule has 0 aliphatic carbocycles. The number of furan rings is 2. The highest BCUT2D eigenvalue weighted by Crippen LogP contribution is 2.40. The molecule has 5 heteroatoms. The fraction of sp³-hybridized carbons (Fsp3) is 0. The number of aromatic nitrogens is 3. The first kappa shape index (κ1) is 28.7. The van der Waals surface area contributed by atoms with Crippen LogP contribution in [0.5, 0.6) is 0 Å². The topological polar surface area (TPSA) is 65.0 Å². The number of hydrogen-bond acceptors (Lipinski definition) is 5. The summed E-state index contributed by atoms with van der Waals surface area (Å²) < 4.78 is 12.9. The van der Waals surface area contributed by atoms with Crippen molar-refractivity contribution in [3.8, 4) is 45.3 Å². The monoisotopic (exact) mass is 665 g/mol. The molecule has 0 aliphatic heterocycles. The van der Waals surface area contributed by atoms with E-state index in [-0.39, 0.29) is 0 Å². The molecule has 0 amide bonds. The Kier molecular flexibility index (Phi) is 6.18. The predicted octanol–water partition coefficient (Wildman–Crippen LogP) is 12.6. The molecule has 52 heavy (non-hydrogen) atoms. The van der Waals surface area contributed by atoms with Crippen molar-refractivity contribution in [1.29, 1.82) is 0 Å². The molecule has 11 aromatic rings. The summed E-state index contributed by atoms with van der Waals surface area (Å²) in [4.78, 5) is 15.5. The van der Waals surface area contributed by atoms with Crippen molar-refractivity contribution in [3.63, 3.8) is 0 Å². The van der Waals surface area contributed by atoms with E-state index in [2.05, 4.69) is 121 Å². The van der Waals surface area contributed by atoms with Crippen LogP contribution in [-0.2, 0) is 0 Å².